The molecule has 0 heterocycles. The first-order valence-corrected chi connectivity index (χ1v) is 6.18. The quantitative estimate of drug-likeness (QED) is 0.686. The van der Waals surface area contributed by atoms with Crippen molar-refractivity contribution in [2.75, 3.05) is 6.54 Å². The third kappa shape index (κ3) is 3.87. The summed E-state index contributed by atoms with van der Waals surface area (Å²) in [5.41, 5.74) is 0.428. The fourth-order valence-corrected chi connectivity index (χ4v) is 2.68. The molecule has 1 heteroatoms. The van der Waals surface area contributed by atoms with Crippen molar-refractivity contribution < 1.29 is 0 Å². The van der Waals surface area contributed by atoms with Crippen molar-refractivity contribution in [3.05, 3.63) is 0 Å². The molecule has 1 aliphatic carbocycles. The van der Waals surface area contributed by atoms with Crippen molar-refractivity contribution in [2.45, 2.75) is 59.4 Å². The molecule has 2 atom stereocenters. The minimum atomic E-state index is 0.428. The van der Waals surface area contributed by atoms with Crippen LogP contribution in [-0.4, -0.2) is 12.6 Å². The fraction of sp³-hybridized carbons (Fsp3) is 0.857. The van der Waals surface area contributed by atoms with Gasteiger partial charge in [-0.3, -0.25) is 0 Å². The van der Waals surface area contributed by atoms with E-state index in [0.717, 1.165) is 12.5 Å². The number of rotatable bonds is 2. The highest BCUT2D eigenvalue weighted by Gasteiger charge is 2.33. The van der Waals surface area contributed by atoms with Crippen molar-refractivity contribution >= 4 is 0 Å². The maximum absolute atomic E-state index is 3.61. The molecule has 0 amide bonds. The van der Waals surface area contributed by atoms with Gasteiger partial charge >= 0.3 is 0 Å². The second kappa shape index (κ2) is 5.56. The topological polar surface area (TPSA) is 12.0 Å². The van der Waals surface area contributed by atoms with Gasteiger partial charge in [0.1, 0.15) is 0 Å². The van der Waals surface area contributed by atoms with Crippen LogP contribution in [0.1, 0.15) is 53.4 Å². The smallest absolute Gasteiger partial charge is 0.0578 e. The lowest BCUT2D eigenvalue weighted by Gasteiger charge is -2.40. The molecule has 1 N–H and O–H groups in total. The fourth-order valence-electron chi connectivity index (χ4n) is 2.68. The summed E-state index contributed by atoms with van der Waals surface area (Å²) in [5.74, 6) is 6.86. The molecule has 15 heavy (non-hydrogen) atoms. The molecular formula is C14H25N. The Kier molecular flexibility index (Phi) is 4.67. The average molecular weight is 207 g/mol. The molecule has 1 nitrogen and oxygen atoms in total. The van der Waals surface area contributed by atoms with E-state index in [1.165, 1.54) is 25.7 Å². The van der Waals surface area contributed by atoms with Crippen LogP contribution in [0.2, 0.25) is 0 Å². The first-order chi connectivity index (χ1) is 7.05. The van der Waals surface area contributed by atoms with Crippen molar-refractivity contribution in [1.82, 2.24) is 5.32 Å². The number of hydrogen-bond acceptors (Lipinski definition) is 1. The third-order valence-corrected chi connectivity index (χ3v) is 3.51. The van der Waals surface area contributed by atoms with E-state index in [1.54, 1.807) is 0 Å². The molecule has 1 aliphatic rings. The first kappa shape index (κ1) is 12.6. The van der Waals surface area contributed by atoms with E-state index in [1.807, 2.05) is 6.92 Å². The van der Waals surface area contributed by atoms with E-state index in [2.05, 4.69) is 37.9 Å². The van der Waals surface area contributed by atoms with Crippen molar-refractivity contribution in [2.24, 2.45) is 11.3 Å². The molecule has 0 radical (unpaired) electrons. The van der Waals surface area contributed by atoms with Gasteiger partial charge in [-0.2, -0.15) is 0 Å². The Bertz CT molecular complexity index is 238. The first-order valence-electron chi connectivity index (χ1n) is 6.18. The zero-order valence-corrected chi connectivity index (χ0v) is 10.7. The van der Waals surface area contributed by atoms with Crippen LogP contribution in [-0.2, 0) is 0 Å². The van der Waals surface area contributed by atoms with Crippen LogP contribution >= 0.6 is 0 Å². The van der Waals surface area contributed by atoms with Crippen LogP contribution in [0.4, 0.5) is 0 Å². The molecule has 0 bridgehead atoms. The van der Waals surface area contributed by atoms with Crippen LogP contribution < -0.4 is 5.32 Å². The molecule has 0 spiro atoms. The highest BCUT2D eigenvalue weighted by Crippen LogP contribution is 2.37. The van der Waals surface area contributed by atoms with Gasteiger partial charge in [0, 0.05) is 6.04 Å². The van der Waals surface area contributed by atoms with Crippen LogP contribution in [0.5, 0.6) is 0 Å². The normalized spacial score (nSPS) is 26.9. The maximum atomic E-state index is 3.61. The second-order valence-electron chi connectivity index (χ2n) is 5.67. The molecule has 1 fully saturated rings. The van der Waals surface area contributed by atoms with Crippen LogP contribution in [0.25, 0.3) is 0 Å². The van der Waals surface area contributed by atoms with Gasteiger partial charge < -0.3 is 5.32 Å². The van der Waals surface area contributed by atoms with Gasteiger partial charge in [0.15, 0.2) is 0 Å². The summed E-state index contributed by atoms with van der Waals surface area (Å²) in [7, 11) is 0. The van der Waals surface area contributed by atoms with E-state index in [-0.39, 0.29) is 0 Å². The minimum absolute atomic E-state index is 0.428. The Morgan fingerprint density at radius 2 is 1.87 bits per heavy atom. The predicted molar refractivity (Wildman–Crippen MR) is 66.7 cm³/mol. The SMILES string of the molecule is CC#CCNC1CCCCC1C(C)(C)C. The summed E-state index contributed by atoms with van der Waals surface area (Å²) in [6, 6.07) is 0.680. The summed E-state index contributed by atoms with van der Waals surface area (Å²) < 4.78 is 0. The van der Waals surface area contributed by atoms with Gasteiger partial charge in [-0.05, 0) is 31.1 Å². The van der Waals surface area contributed by atoms with Gasteiger partial charge in [-0.25, -0.2) is 0 Å². The summed E-state index contributed by atoms with van der Waals surface area (Å²) >= 11 is 0. The maximum Gasteiger partial charge on any atom is 0.0578 e. The van der Waals surface area contributed by atoms with Gasteiger partial charge in [-0.15, -0.1) is 5.92 Å². The highest BCUT2D eigenvalue weighted by atomic mass is 14.9. The van der Waals surface area contributed by atoms with Crippen LogP contribution in [0.15, 0.2) is 0 Å². The molecule has 2 unspecified atom stereocenters. The lowest BCUT2D eigenvalue weighted by atomic mass is 9.69. The van der Waals surface area contributed by atoms with Crippen molar-refractivity contribution in [1.29, 1.82) is 0 Å². The largest absolute Gasteiger partial charge is 0.303 e. The van der Waals surface area contributed by atoms with E-state index in [4.69, 9.17) is 0 Å². The Hall–Kier alpha value is -0.480. The Morgan fingerprint density at radius 1 is 1.20 bits per heavy atom. The van der Waals surface area contributed by atoms with E-state index < -0.39 is 0 Å². The molecule has 0 aromatic rings. The second-order valence-corrected chi connectivity index (χ2v) is 5.67. The lowest BCUT2D eigenvalue weighted by molar-refractivity contribution is 0.134. The third-order valence-electron chi connectivity index (χ3n) is 3.51. The van der Waals surface area contributed by atoms with Gasteiger partial charge in [0.25, 0.3) is 0 Å². The Labute approximate surface area is 95.0 Å². The molecular weight excluding hydrogens is 182 g/mol. The Balaban J connectivity index is 2.52. The summed E-state index contributed by atoms with van der Waals surface area (Å²) in [4.78, 5) is 0. The molecule has 1 rings (SSSR count). The van der Waals surface area contributed by atoms with Crippen LogP contribution in [0.3, 0.4) is 0 Å². The monoisotopic (exact) mass is 207 g/mol. The van der Waals surface area contributed by atoms with Crippen LogP contribution in [0, 0.1) is 23.2 Å². The summed E-state index contributed by atoms with van der Waals surface area (Å²) in [5, 5.41) is 3.61. The molecule has 0 aliphatic heterocycles. The Morgan fingerprint density at radius 3 is 2.47 bits per heavy atom. The summed E-state index contributed by atoms with van der Waals surface area (Å²) in [6.07, 6.45) is 5.48. The molecule has 0 aromatic carbocycles. The highest BCUT2D eigenvalue weighted by molar-refractivity contribution is 4.99. The average Bonchev–Trinajstić information content (AvgIpc) is 2.17. The molecule has 0 saturated heterocycles. The standard InChI is InChI=1S/C14H25N/c1-5-6-11-15-13-10-8-7-9-12(13)14(2,3)4/h12-13,15H,7-11H2,1-4H3. The van der Waals surface area contributed by atoms with E-state index >= 15 is 0 Å². The predicted octanol–water partition coefficient (Wildman–Crippen LogP) is 3.20. The lowest BCUT2D eigenvalue weighted by Crippen LogP contribution is -2.44. The number of hydrogen-bond donors (Lipinski definition) is 1. The van der Waals surface area contributed by atoms with Crippen molar-refractivity contribution in [3.8, 4) is 11.8 Å². The van der Waals surface area contributed by atoms with Gasteiger partial charge in [0.05, 0.1) is 6.54 Å². The zero-order chi connectivity index (χ0) is 11.3. The minimum Gasteiger partial charge on any atom is -0.303 e. The van der Waals surface area contributed by atoms with E-state index in [9.17, 15) is 0 Å². The van der Waals surface area contributed by atoms with Gasteiger partial charge in [0.2, 0.25) is 0 Å². The molecule has 1 saturated carbocycles. The summed E-state index contributed by atoms with van der Waals surface area (Å²) in [6.45, 7) is 9.85. The molecule has 0 aromatic heterocycles. The van der Waals surface area contributed by atoms with E-state index in [0.29, 0.717) is 11.5 Å². The molecule has 86 valence electrons. The number of nitrogens with one attached hydrogen (secondary N) is 1. The van der Waals surface area contributed by atoms with Gasteiger partial charge in [-0.1, -0.05) is 39.5 Å². The van der Waals surface area contributed by atoms with Crippen molar-refractivity contribution in [3.63, 3.8) is 0 Å². The zero-order valence-electron chi connectivity index (χ0n) is 10.7.